The summed E-state index contributed by atoms with van der Waals surface area (Å²) in [6, 6.07) is 9.76. The first-order valence-corrected chi connectivity index (χ1v) is 7.40. The highest BCUT2D eigenvalue weighted by atomic mass is 35.5. The molecule has 2 N–H and O–H groups in total. The molecule has 0 saturated carbocycles. The van der Waals surface area contributed by atoms with Crippen molar-refractivity contribution in [2.75, 3.05) is 0 Å². The summed E-state index contributed by atoms with van der Waals surface area (Å²) in [5.41, 5.74) is 5.16. The van der Waals surface area contributed by atoms with Gasteiger partial charge in [-0.15, -0.1) is 0 Å². The highest BCUT2D eigenvalue weighted by Gasteiger charge is 2.11. The molecule has 0 unspecified atom stereocenters. The Morgan fingerprint density at radius 3 is 2.25 bits per heavy atom. The summed E-state index contributed by atoms with van der Waals surface area (Å²) >= 11 is 11.6. The van der Waals surface area contributed by atoms with Crippen LogP contribution in [0.25, 0.3) is 0 Å². The first-order valence-electron chi connectivity index (χ1n) is 6.64. The Hall–Kier alpha value is -2.64. The molecule has 0 saturated heterocycles. The summed E-state index contributed by atoms with van der Waals surface area (Å²) in [5, 5.41) is 11.3. The first kappa shape index (κ1) is 17.7. The van der Waals surface area contributed by atoms with Crippen molar-refractivity contribution in [3.8, 4) is 0 Å². The second-order valence-electron chi connectivity index (χ2n) is 4.73. The number of carbonyl (C=O) groups excluding carboxylic acids is 2. The standard InChI is InChI=1S/C15H11Cl2N3O4/c16-12-6-1-9(7-13(12)17)8-14(21)18-19-15(22)10-2-4-11(5-3-10)20(23)24/h1-7H,8H2,(H,18,21)(H,19,22). The van der Waals surface area contributed by atoms with E-state index in [0.717, 1.165) is 0 Å². The van der Waals surface area contributed by atoms with E-state index in [1.54, 1.807) is 18.2 Å². The molecular formula is C15H11Cl2N3O4. The smallest absolute Gasteiger partial charge is 0.269 e. The van der Waals surface area contributed by atoms with Gasteiger partial charge in [-0.1, -0.05) is 29.3 Å². The summed E-state index contributed by atoms with van der Waals surface area (Å²) in [5.74, 6) is -1.05. The van der Waals surface area contributed by atoms with Crippen molar-refractivity contribution in [1.82, 2.24) is 10.9 Å². The lowest BCUT2D eigenvalue weighted by atomic mass is 10.1. The van der Waals surface area contributed by atoms with Crippen molar-refractivity contribution in [2.24, 2.45) is 0 Å². The third kappa shape index (κ3) is 4.68. The lowest BCUT2D eigenvalue weighted by Crippen LogP contribution is -2.42. The third-order valence-electron chi connectivity index (χ3n) is 3.00. The Kier molecular flexibility index (Phi) is 5.73. The Labute approximate surface area is 146 Å². The van der Waals surface area contributed by atoms with Gasteiger partial charge in [0.1, 0.15) is 0 Å². The third-order valence-corrected chi connectivity index (χ3v) is 3.74. The topological polar surface area (TPSA) is 101 Å². The normalized spacial score (nSPS) is 10.1. The molecule has 9 heteroatoms. The maximum absolute atomic E-state index is 11.8. The number of non-ortho nitro benzene ring substituents is 1. The van der Waals surface area contributed by atoms with Crippen LogP contribution in [0.2, 0.25) is 10.0 Å². The lowest BCUT2D eigenvalue weighted by molar-refractivity contribution is -0.384. The van der Waals surface area contributed by atoms with Gasteiger partial charge in [-0.3, -0.25) is 30.6 Å². The van der Waals surface area contributed by atoms with Crippen LogP contribution >= 0.6 is 23.2 Å². The quantitative estimate of drug-likeness (QED) is 0.640. The summed E-state index contributed by atoms with van der Waals surface area (Å²) in [6.07, 6.45) is -0.00255. The van der Waals surface area contributed by atoms with Gasteiger partial charge in [0, 0.05) is 17.7 Å². The van der Waals surface area contributed by atoms with Gasteiger partial charge in [0.15, 0.2) is 0 Å². The first-order chi connectivity index (χ1) is 11.4. The van der Waals surface area contributed by atoms with Crippen LogP contribution in [0.1, 0.15) is 15.9 Å². The molecular weight excluding hydrogens is 357 g/mol. The zero-order chi connectivity index (χ0) is 17.7. The van der Waals surface area contributed by atoms with E-state index in [1.807, 2.05) is 0 Å². The minimum Gasteiger partial charge on any atom is -0.273 e. The van der Waals surface area contributed by atoms with Crippen LogP contribution in [0.5, 0.6) is 0 Å². The van der Waals surface area contributed by atoms with Crippen LogP contribution in [0.4, 0.5) is 5.69 Å². The molecule has 0 aromatic heterocycles. The molecule has 24 heavy (non-hydrogen) atoms. The monoisotopic (exact) mass is 367 g/mol. The van der Waals surface area contributed by atoms with Gasteiger partial charge in [-0.05, 0) is 29.8 Å². The number of nitrogens with one attached hydrogen (secondary N) is 2. The number of nitro benzene ring substituents is 1. The molecule has 0 aliphatic heterocycles. The van der Waals surface area contributed by atoms with E-state index < -0.39 is 16.7 Å². The van der Waals surface area contributed by atoms with Gasteiger partial charge in [0.25, 0.3) is 11.6 Å². The van der Waals surface area contributed by atoms with E-state index in [4.69, 9.17) is 23.2 Å². The minimum absolute atomic E-state index is 0.00255. The van der Waals surface area contributed by atoms with Crippen molar-refractivity contribution < 1.29 is 14.5 Å². The van der Waals surface area contributed by atoms with Crippen molar-refractivity contribution in [3.05, 3.63) is 73.8 Å². The van der Waals surface area contributed by atoms with Crippen LogP contribution in [0.3, 0.4) is 0 Å². The maximum Gasteiger partial charge on any atom is 0.269 e. The molecule has 7 nitrogen and oxygen atoms in total. The molecule has 124 valence electrons. The van der Waals surface area contributed by atoms with Gasteiger partial charge < -0.3 is 0 Å². The zero-order valence-corrected chi connectivity index (χ0v) is 13.6. The van der Waals surface area contributed by atoms with Crippen LogP contribution in [-0.4, -0.2) is 16.7 Å². The Morgan fingerprint density at radius 2 is 1.67 bits per heavy atom. The number of hydrogen-bond acceptors (Lipinski definition) is 4. The summed E-state index contributed by atoms with van der Waals surface area (Å²) < 4.78 is 0. The van der Waals surface area contributed by atoms with Gasteiger partial charge >= 0.3 is 0 Å². The molecule has 0 atom stereocenters. The SMILES string of the molecule is O=C(Cc1ccc(Cl)c(Cl)c1)NNC(=O)c1ccc([N+](=O)[O-])cc1. The van der Waals surface area contributed by atoms with Crippen LogP contribution in [-0.2, 0) is 11.2 Å². The van der Waals surface area contributed by atoms with Crippen molar-refractivity contribution >= 4 is 40.7 Å². The molecule has 2 aromatic rings. The second-order valence-corrected chi connectivity index (χ2v) is 5.55. The molecule has 2 rings (SSSR count). The number of amides is 2. The van der Waals surface area contributed by atoms with Crippen molar-refractivity contribution in [2.45, 2.75) is 6.42 Å². The average molecular weight is 368 g/mol. The molecule has 0 aliphatic rings. The molecule has 2 aromatic carbocycles. The molecule has 0 bridgehead atoms. The molecule has 0 aliphatic carbocycles. The summed E-state index contributed by atoms with van der Waals surface area (Å²) in [7, 11) is 0. The number of hydrogen-bond donors (Lipinski definition) is 2. The maximum atomic E-state index is 11.8. The molecule has 0 radical (unpaired) electrons. The number of hydrazine groups is 1. The average Bonchev–Trinajstić information content (AvgIpc) is 2.56. The largest absolute Gasteiger partial charge is 0.273 e. The van der Waals surface area contributed by atoms with E-state index in [9.17, 15) is 19.7 Å². The summed E-state index contributed by atoms with van der Waals surface area (Å²) in [4.78, 5) is 33.6. The van der Waals surface area contributed by atoms with Crippen LogP contribution in [0.15, 0.2) is 42.5 Å². The zero-order valence-electron chi connectivity index (χ0n) is 12.1. The fourth-order valence-corrected chi connectivity index (χ4v) is 2.13. The number of carbonyl (C=O) groups is 2. The number of rotatable bonds is 4. The van der Waals surface area contributed by atoms with Gasteiger partial charge in [-0.2, -0.15) is 0 Å². The number of benzene rings is 2. The van der Waals surface area contributed by atoms with Gasteiger partial charge in [0.05, 0.1) is 21.4 Å². The number of nitrogens with zero attached hydrogens (tertiary/aromatic N) is 1. The van der Waals surface area contributed by atoms with E-state index in [2.05, 4.69) is 10.9 Å². The predicted molar refractivity (Wildman–Crippen MR) is 88.9 cm³/mol. The minimum atomic E-state index is -0.590. The second kappa shape index (κ2) is 7.76. The number of nitro groups is 1. The van der Waals surface area contributed by atoms with Crippen LogP contribution < -0.4 is 10.9 Å². The Bertz CT molecular complexity index is 794. The number of halogens is 2. The van der Waals surface area contributed by atoms with Crippen LogP contribution in [0, 0.1) is 10.1 Å². The highest BCUT2D eigenvalue weighted by molar-refractivity contribution is 6.42. The van der Waals surface area contributed by atoms with E-state index >= 15 is 0 Å². The summed E-state index contributed by atoms with van der Waals surface area (Å²) in [6.45, 7) is 0. The molecule has 2 amide bonds. The van der Waals surface area contributed by atoms with Gasteiger partial charge in [0.2, 0.25) is 5.91 Å². The Morgan fingerprint density at radius 1 is 1.00 bits per heavy atom. The fourth-order valence-electron chi connectivity index (χ4n) is 1.81. The predicted octanol–water partition coefficient (Wildman–Crippen LogP) is 2.91. The van der Waals surface area contributed by atoms with Crippen molar-refractivity contribution in [1.29, 1.82) is 0 Å². The molecule has 0 heterocycles. The van der Waals surface area contributed by atoms with Crippen molar-refractivity contribution in [3.63, 3.8) is 0 Å². The van der Waals surface area contributed by atoms with Gasteiger partial charge in [-0.25, -0.2) is 0 Å². The Balaban J connectivity index is 1.89. The van der Waals surface area contributed by atoms with E-state index in [-0.39, 0.29) is 17.7 Å². The highest BCUT2D eigenvalue weighted by Crippen LogP contribution is 2.22. The fraction of sp³-hybridized carbons (Fsp3) is 0.0667. The molecule has 0 fully saturated rings. The molecule has 0 spiro atoms. The van der Waals surface area contributed by atoms with E-state index in [0.29, 0.717) is 15.6 Å². The van der Waals surface area contributed by atoms with E-state index in [1.165, 1.54) is 24.3 Å². The lowest BCUT2D eigenvalue weighted by Gasteiger charge is -2.08.